The van der Waals surface area contributed by atoms with Gasteiger partial charge in [0.1, 0.15) is 0 Å². The summed E-state index contributed by atoms with van der Waals surface area (Å²) in [6.07, 6.45) is 0. The summed E-state index contributed by atoms with van der Waals surface area (Å²) < 4.78 is 3.47. The van der Waals surface area contributed by atoms with Gasteiger partial charge in [0, 0.05) is 21.6 Å². The molecule has 1 N–H and O–H groups in total. The number of hydrogen-bond acceptors (Lipinski definition) is 2. The van der Waals surface area contributed by atoms with Gasteiger partial charge in [-0.05, 0) is 37.3 Å². The first-order chi connectivity index (χ1) is 7.61. The Kier molecular flexibility index (Phi) is 3.47. The van der Waals surface area contributed by atoms with Crippen LogP contribution in [0.3, 0.4) is 0 Å². The smallest absolute Gasteiger partial charge is 0.195 e. The molecule has 1 aromatic carbocycles. The maximum Gasteiger partial charge on any atom is 0.195 e. The van der Waals surface area contributed by atoms with Crippen molar-refractivity contribution in [2.45, 2.75) is 13.5 Å². The molecule has 1 heterocycles. The van der Waals surface area contributed by atoms with E-state index in [2.05, 4.69) is 26.1 Å². The Morgan fingerprint density at radius 1 is 1.50 bits per heavy atom. The fourth-order valence-electron chi connectivity index (χ4n) is 1.51. The highest BCUT2D eigenvalue weighted by Crippen LogP contribution is 2.26. The zero-order valence-electron chi connectivity index (χ0n) is 8.50. The van der Waals surface area contributed by atoms with Gasteiger partial charge in [-0.2, -0.15) is 5.10 Å². The minimum Gasteiger partial charge on any atom is -0.300 e. The number of aromatic amines is 1. The zero-order valence-corrected chi connectivity index (χ0v) is 11.7. The average Bonchev–Trinajstić information content (AvgIpc) is 2.58. The number of benzene rings is 1. The van der Waals surface area contributed by atoms with Gasteiger partial charge in [-0.1, -0.05) is 27.5 Å². The molecule has 0 aliphatic rings. The van der Waals surface area contributed by atoms with Crippen molar-refractivity contribution in [1.82, 2.24) is 14.8 Å². The molecule has 0 spiro atoms. The molecular weight excluding hydrogens is 310 g/mol. The molecule has 0 amide bonds. The van der Waals surface area contributed by atoms with E-state index in [1.807, 2.05) is 29.7 Å². The molecular formula is C10H9BrClN3S. The lowest BCUT2D eigenvalue weighted by Crippen LogP contribution is -1.97. The number of nitrogens with zero attached hydrogens (tertiary/aromatic N) is 2. The summed E-state index contributed by atoms with van der Waals surface area (Å²) in [5, 5.41) is 7.66. The molecule has 0 saturated carbocycles. The van der Waals surface area contributed by atoms with Crippen molar-refractivity contribution < 1.29 is 0 Å². The van der Waals surface area contributed by atoms with Crippen molar-refractivity contribution in [2.75, 3.05) is 0 Å². The predicted octanol–water partition coefficient (Wildman–Crippen LogP) is 4.04. The number of aromatic nitrogens is 3. The van der Waals surface area contributed by atoms with E-state index in [4.69, 9.17) is 23.8 Å². The van der Waals surface area contributed by atoms with Gasteiger partial charge in [-0.15, -0.1) is 0 Å². The van der Waals surface area contributed by atoms with Gasteiger partial charge >= 0.3 is 0 Å². The summed E-state index contributed by atoms with van der Waals surface area (Å²) in [6.45, 7) is 2.79. The molecule has 0 unspecified atom stereocenters. The van der Waals surface area contributed by atoms with Crippen LogP contribution < -0.4 is 0 Å². The zero-order chi connectivity index (χ0) is 11.7. The van der Waals surface area contributed by atoms with Gasteiger partial charge in [0.15, 0.2) is 10.6 Å². The lowest BCUT2D eigenvalue weighted by molar-refractivity contribution is 0.755. The van der Waals surface area contributed by atoms with Gasteiger partial charge in [-0.25, -0.2) is 0 Å². The Labute approximate surface area is 112 Å². The summed E-state index contributed by atoms with van der Waals surface area (Å²) in [5.41, 5.74) is 0.938. The molecule has 2 rings (SSSR count). The Balaban J connectivity index is 2.62. The number of rotatable bonds is 2. The summed E-state index contributed by atoms with van der Waals surface area (Å²) in [5.74, 6) is 0.802. The van der Waals surface area contributed by atoms with Crippen molar-refractivity contribution in [3.8, 4) is 11.4 Å². The molecule has 0 fully saturated rings. The van der Waals surface area contributed by atoms with Crippen molar-refractivity contribution in [1.29, 1.82) is 0 Å². The number of hydrogen-bond donors (Lipinski definition) is 1. The standard InChI is InChI=1S/C10H9BrClN3S/c1-2-15-9(13-14-10(15)16)6-3-7(11)5-8(12)4-6/h3-5H,2H2,1H3,(H,14,16). The van der Waals surface area contributed by atoms with Crippen molar-refractivity contribution >= 4 is 39.7 Å². The molecule has 6 heteroatoms. The highest BCUT2D eigenvalue weighted by Gasteiger charge is 2.08. The summed E-state index contributed by atoms with van der Waals surface area (Å²) >= 11 is 14.5. The molecule has 0 saturated heterocycles. The maximum absolute atomic E-state index is 6.00. The van der Waals surface area contributed by atoms with E-state index in [1.165, 1.54) is 0 Å². The predicted molar refractivity (Wildman–Crippen MR) is 71.2 cm³/mol. The van der Waals surface area contributed by atoms with Crippen LogP contribution in [0.1, 0.15) is 6.92 Å². The highest BCUT2D eigenvalue weighted by atomic mass is 79.9. The van der Waals surface area contributed by atoms with Crippen LogP contribution in [0.15, 0.2) is 22.7 Å². The van der Waals surface area contributed by atoms with Crippen LogP contribution in [-0.2, 0) is 6.54 Å². The Hall–Kier alpha value is -0.650. The van der Waals surface area contributed by atoms with E-state index >= 15 is 0 Å². The van der Waals surface area contributed by atoms with Gasteiger partial charge in [0.2, 0.25) is 0 Å². The lowest BCUT2D eigenvalue weighted by atomic mass is 10.2. The molecule has 0 aliphatic carbocycles. The summed E-state index contributed by atoms with van der Waals surface area (Å²) in [6, 6.07) is 5.66. The van der Waals surface area contributed by atoms with E-state index < -0.39 is 0 Å². The first-order valence-electron chi connectivity index (χ1n) is 4.73. The SMILES string of the molecule is CCn1c(-c2cc(Cl)cc(Br)c2)n[nH]c1=S. The van der Waals surface area contributed by atoms with E-state index in [9.17, 15) is 0 Å². The number of H-pyrrole nitrogens is 1. The third-order valence-corrected chi connectivity index (χ3v) is 3.18. The minimum atomic E-state index is 0.619. The summed E-state index contributed by atoms with van der Waals surface area (Å²) in [7, 11) is 0. The van der Waals surface area contributed by atoms with Crippen LogP contribution in [0.2, 0.25) is 5.02 Å². The minimum absolute atomic E-state index is 0.619. The van der Waals surface area contributed by atoms with E-state index in [0.29, 0.717) is 9.79 Å². The van der Waals surface area contributed by atoms with Crippen LogP contribution in [-0.4, -0.2) is 14.8 Å². The molecule has 16 heavy (non-hydrogen) atoms. The van der Waals surface area contributed by atoms with Crippen LogP contribution >= 0.6 is 39.7 Å². The molecule has 0 radical (unpaired) electrons. The normalized spacial score (nSPS) is 10.7. The average molecular weight is 319 g/mol. The van der Waals surface area contributed by atoms with Crippen LogP contribution in [0, 0.1) is 4.77 Å². The fraction of sp³-hybridized carbons (Fsp3) is 0.200. The molecule has 0 bridgehead atoms. The van der Waals surface area contributed by atoms with Gasteiger partial charge < -0.3 is 4.57 Å². The second-order valence-corrected chi connectivity index (χ2v) is 4.99. The largest absolute Gasteiger partial charge is 0.300 e. The topological polar surface area (TPSA) is 33.6 Å². The van der Waals surface area contributed by atoms with E-state index in [-0.39, 0.29) is 0 Å². The van der Waals surface area contributed by atoms with E-state index in [0.717, 1.165) is 22.4 Å². The van der Waals surface area contributed by atoms with Crippen LogP contribution in [0.5, 0.6) is 0 Å². The Morgan fingerprint density at radius 3 is 2.88 bits per heavy atom. The van der Waals surface area contributed by atoms with Gasteiger partial charge in [0.25, 0.3) is 0 Å². The van der Waals surface area contributed by atoms with E-state index in [1.54, 1.807) is 0 Å². The number of halogens is 2. The quantitative estimate of drug-likeness (QED) is 0.848. The molecule has 84 valence electrons. The molecule has 1 aromatic heterocycles. The summed E-state index contributed by atoms with van der Waals surface area (Å²) in [4.78, 5) is 0. The first-order valence-corrected chi connectivity index (χ1v) is 6.31. The third kappa shape index (κ3) is 2.21. The second-order valence-electron chi connectivity index (χ2n) is 3.25. The molecule has 0 aliphatic heterocycles. The monoisotopic (exact) mass is 317 g/mol. The first kappa shape index (κ1) is 11.8. The van der Waals surface area contributed by atoms with Crippen molar-refractivity contribution in [3.05, 3.63) is 32.5 Å². The van der Waals surface area contributed by atoms with Gasteiger partial charge in [0.05, 0.1) is 0 Å². The molecule has 0 atom stereocenters. The van der Waals surface area contributed by atoms with Crippen LogP contribution in [0.4, 0.5) is 0 Å². The number of nitrogens with one attached hydrogen (secondary N) is 1. The fourth-order valence-corrected chi connectivity index (χ4v) is 2.64. The lowest BCUT2D eigenvalue weighted by Gasteiger charge is -2.04. The molecule has 2 aromatic rings. The maximum atomic E-state index is 6.00. The Bertz CT molecular complexity index is 555. The molecule has 3 nitrogen and oxygen atoms in total. The third-order valence-electron chi connectivity index (χ3n) is 2.20. The van der Waals surface area contributed by atoms with Crippen molar-refractivity contribution in [2.24, 2.45) is 0 Å². The second kappa shape index (κ2) is 4.69. The highest BCUT2D eigenvalue weighted by molar-refractivity contribution is 9.10. The van der Waals surface area contributed by atoms with Gasteiger partial charge in [-0.3, -0.25) is 5.10 Å². The van der Waals surface area contributed by atoms with Crippen LogP contribution in [0.25, 0.3) is 11.4 Å². The van der Waals surface area contributed by atoms with Crippen molar-refractivity contribution in [3.63, 3.8) is 0 Å². The Morgan fingerprint density at radius 2 is 2.25 bits per heavy atom.